The van der Waals surface area contributed by atoms with E-state index < -0.39 is 5.54 Å². The number of carbonyl (C=O) groups excluding carboxylic acids is 1. The van der Waals surface area contributed by atoms with Crippen molar-refractivity contribution in [3.05, 3.63) is 29.8 Å². The van der Waals surface area contributed by atoms with Crippen molar-refractivity contribution in [2.45, 2.75) is 32.2 Å². The minimum atomic E-state index is -0.450. The molecule has 1 aromatic rings. The lowest BCUT2D eigenvalue weighted by atomic mass is 9.94. The van der Waals surface area contributed by atoms with Gasteiger partial charge in [0.25, 0.3) is 5.91 Å². The third-order valence-corrected chi connectivity index (χ3v) is 3.01. The van der Waals surface area contributed by atoms with Crippen LogP contribution < -0.4 is 5.32 Å². The van der Waals surface area contributed by atoms with Gasteiger partial charge in [0.15, 0.2) is 0 Å². The first kappa shape index (κ1) is 13.5. The standard InChI is InChI=1S/C13H19NO3/c1-3-13(2,8-9-15)14-12(17)10-6-4-5-7-11(10)16/h4-7,15-16H,3,8-9H2,1-2H3,(H,14,17)/t13-/m0/s1. The second-order valence-electron chi connectivity index (χ2n) is 4.36. The molecule has 1 rings (SSSR count). The summed E-state index contributed by atoms with van der Waals surface area (Å²) in [5.41, 5.74) is -0.196. The Morgan fingerprint density at radius 3 is 2.59 bits per heavy atom. The van der Waals surface area contributed by atoms with Crippen molar-refractivity contribution in [2.24, 2.45) is 0 Å². The number of phenols is 1. The molecular weight excluding hydrogens is 218 g/mol. The predicted octanol–water partition coefficient (Wildman–Crippen LogP) is 1.67. The highest BCUT2D eigenvalue weighted by atomic mass is 16.3. The van der Waals surface area contributed by atoms with Crippen LogP contribution in [-0.4, -0.2) is 28.3 Å². The molecule has 4 heteroatoms. The minimum absolute atomic E-state index is 0.0192. The number of hydrogen-bond acceptors (Lipinski definition) is 3. The summed E-state index contributed by atoms with van der Waals surface area (Å²) in [4.78, 5) is 12.0. The van der Waals surface area contributed by atoms with E-state index in [0.717, 1.165) is 0 Å². The zero-order valence-electron chi connectivity index (χ0n) is 10.2. The maximum atomic E-state index is 12.0. The molecule has 0 unspecified atom stereocenters. The van der Waals surface area contributed by atoms with Crippen LogP contribution in [0.1, 0.15) is 37.0 Å². The van der Waals surface area contributed by atoms with Gasteiger partial charge in [-0.2, -0.15) is 0 Å². The Kier molecular flexibility index (Phi) is 4.52. The second-order valence-corrected chi connectivity index (χ2v) is 4.36. The topological polar surface area (TPSA) is 69.6 Å². The van der Waals surface area contributed by atoms with E-state index >= 15 is 0 Å². The monoisotopic (exact) mass is 237 g/mol. The number of aliphatic hydroxyl groups excluding tert-OH is 1. The number of aliphatic hydroxyl groups is 1. The zero-order valence-corrected chi connectivity index (χ0v) is 10.2. The molecule has 0 heterocycles. The summed E-state index contributed by atoms with van der Waals surface area (Å²) in [6, 6.07) is 6.41. The zero-order chi connectivity index (χ0) is 12.9. The normalized spacial score (nSPS) is 14.1. The summed E-state index contributed by atoms with van der Waals surface area (Å²) < 4.78 is 0. The lowest BCUT2D eigenvalue weighted by Crippen LogP contribution is -2.46. The van der Waals surface area contributed by atoms with Crippen LogP contribution in [0.2, 0.25) is 0 Å². The number of para-hydroxylation sites is 1. The van der Waals surface area contributed by atoms with Crippen LogP contribution in [0, 0.1) is 0 Å². The number of carbonyl (C=O) groups is 1. The molecule has 0 saturated heterocycles. The molecule has 94 valence electrons. The number of aromatic hydroxyl groups is 1. The molecule has 0 spiro atoms. The fourth-order valence-electron chi connectivity index (χ4n) is 1.58. The third kappa shape index (κ3) is 3.46. The highest BCUT2D eigenvalue weighted by Crippen LogP contribution is 2.19. The highest BCUT2D eigenvalue weighted by Gasteiger charge is 2.25. The first-order valence-electron chi connectivity index (χ1n) is 5.74. The summed E-state index contributed by atoms with van der Waals surface area (Å²) in [5.74, 6) is -0.353. The summed E-state index contributed by atoms with van der Waals surface area (Å²) in [6.45, 7) is 3.84. The molecule has 17 heavy (non-hydrogen) atoms. The molecule has 0 saturated carbocycles. The molecule has 0 aliphatic rings. The molecule has 1 atom stereocenters. The molecular formula is C13H19NO3. The molecule has 3 N–H and O–H groups in total. The average Bonchev–Trinajstić information content (AvgIpc) is 2.29. The molecule has 0 aliphatic heterocycles. The van der Waals surface area contributed by atoms with Gasteiger partial charge in [0.2, 0.25) is 0 Å². The van der Waals surface area contributed by atoms with Crippen LogP contribution in [0.4, 0.5) is 0 Å². The van der Waals surface area contributed by atoms with E-state index in [0.29, 0.717) is 12.8 Å². The summed E-state index contributed by atoms with van der Waals surface area (Å²) in [6.07, 6.45) is 1.20. The lowest BCUT2D eigenvalue weighted by molar-refractivity contribution is 0.0883. The van der Waals surface area contributed by atoms with Gasteiger partial charge < -0.3 is 15.5 Å². The van der Waals surface area contributed by atoms with Gasteiger partial charge in [-0.15, -0.1) is 0 Å². The van der Waals surface area contributed by atoms with Gasteiger partial charge in [-0.1, -0.05) is 19.1 Å². The number of nitrogens with one attached hydrogen (secondary N) is 1. The number of phenolic OH excluding ortho intramolecular Hbond substituents is 1. The fourth-order valence-corrected chi connectivity index (χ4v) is 1.58. The SMILES string of the molecule is CC[C@@](C)(CCO)NC(=O)c1ccccc1O. The Bertz CT molecular complexity index is 392. The van der Waals surface area contributed by atoms with Crippen LogP contribution in [-0.2, 0) is 0 Å². The van der Waals surface area contributed by atoms with Crippen LogP contribution in [0.3, 0.4) is 0 Å². The van der Waals surface area contributed by atoms with Gasteiger partial charge in [0.1, 0.15) is 5.75 Å². The molecule has 1 aromatic carbocycles. The molecule has 0 aromatic heterocycles. The van der Waals surface area contributed by atoms with Gasteiger partial charge in [-0.3, -0.25) is 4.79 Å². The molecule has 0 bridgehead atoms. The van der Waals surface area contributed by atoms with Crippen molar-refractivity contribution in [3.63, 3.8) is 0 Å². The number of amides is 1. The van der Waals surface area contributed by atoms with Crippen LogP contribution >= 0.6 is 0 Å². The van der Waals surface area contributed by atoms with E-state index in [9.17, 15) is 9.90 Å². The van der Waals surface area contributed by atoms with Crippen LogP contribution in [0.15, 0.2) is 24.3 Å². The predicted molar refractivity (Wildman–Crippen MR) is 66.0 cm³/mol. The molecule has 4 nitrogen and oxygen atoms in total. The average molecular weight is 237 g/mol. The van der Waals surface area contributed by atoms with Crippen molar-refractivity contribution < 1.29 is 15.0 Å². The van der Waals surface area contributed by atoms with E-state index in [1.54, 1.807) is 18.2 Å². The van der Waals surface area contributed by atoms with E-state index in [1.165, 1.54) is 6.07 Å². The maximum Gasteiger partial charge on any atom is 0.255 e. The summed E-state index contributed by atoms with van der Waals surface area (Å²) >= 11 is 0. The summed E-state index contributed by atoms with van der Waals surface area (Å²) in [7, 11) is 0. The second kappa shape index (κ2) is 5.68. The first-order valence-corrected chi connectivity index (χ1v) is 5.74. The largest absolute Gasteiger partial charge is 0.507 e. The van der Waals surface area contributed by atoms with E-state index in [4.69, 9.17) is 5.11 Å². The molecule has 0 radical (unpaired) electrons. The highest BCUT2D eigenvalue weighted by molar-refractivity contribution is 5.97. The van der Waals surface area contributed by atoms with Gasteiger partial charge >= 0.3 is 0 Å². The molecule has 1 amide bonds. The fraction of sp³-hybridized carbons (Fsp3) is 0.462. The van der Waals surface area contributed by atoms with Gasteiger partial charge in [-0.05, 0) is 31.9 Å². The van der Waals surface area contributed by atoms with Gasteiger partial charge in [0, 0.05) is 12.1 Å². The van der Waals surface area contributed by atoms with Crippen LogP contribution in [0.5, 0.6) is 5.75 Å². The lowest BCUT2D eigenvalue weighted by Gasteiger charge is -2.29. The number of benzene rings is 1. The van der Waals surface area contributed by atoms with E-state index in [-0.39, 0.29) is 23.8 Å². The van der Waals surface area contributed by atoms with Crippen molar-refractivity contribution in [1.82, 2.24) is 5.32 Å². The van der Waals surface area contributed by atoms with Crippen molar-refractivity contribution in [3.8, 4) is 5.75 Å². The van der Waals surface area contributed by atoms with Crippen molar-refractivity contribution in [2.75, 3.05) is 6.61 Å². The number of hydrogen-bond donors (Lipinski definition) is 3. The van der Waals surface area contributed by atoms with Crippen LogP contribution in [0.25, 0.3) is 0 Å². The Morgan fingerprint density at radius 2 is 2.06 bits per heavy atom. The molecule has 0 fully saturated rings. The van der Waals surface area contributed by atoms with E-state index in [1.807, 2.05) is 13.8 Å². The Morgan fingerprint density at radius 1 is 1.41 bits per heavy atom. The van der Waals surface area contributed by atoms with Crippen molar-refractivity contribution >= 4 is 5.91 Å². The van der Waals surface area contributed by atoms with Crippen molar-refractivity contribution in [1.29, 1.82) is 0 Å². The number of rotatable bonds is 5. The maximum absolute atomic E-state index is 12.0. The Hall–Kier alpha value is -1.55. The first-order chi connectivity index (χ1) is 8.02. The van der Waals surface area contributed by atoms with Gasteiger partial charge in [0.05, 0.1) is 5.56 Å². The Labute approximate surface area is 101 Å². The van der Waals surface area contributed by atoms with E-state index in [2.05, 4.69) is 5.32 Å². The summed E-state index contributed by atoms with van der Waals surface area (Å²) in [5, 5.41) is 21.4. The third-order valence-electron chi connectivity index (χ3n) is 3.01. The van der Waals surface area contributed by atoms with Gasteiger partial charge in [-0.25, -0.2) is 0 Å². The quantitative estimate of drug-likeness (QED) is 0.729. The Balaban J connectivity index is 2.82. The smallest absolute Gasteiger partial charge is 0.255 e. The minimum Gasteiger partial charge on any atom is -0.507 e. The molecule has 0 aliphatic carbocycles.